The number of fused-ring (bicyclic) bond motifs is 1. The lowest BCUT2D eigenvalue weighted by Crippen LogP contribution is -2.34. The summed E-state index contributed by atoms with van der Waals surface area (Å²) in [5.74, 6) is -0.00715. The molecule has 2 aromatic heterocycles. The zero-order valence-corrected chi connectivity index (χ0v) is 14.6. The van der Waals surface area contributed by atoms with E-state index in [4.69, 9.17) is 10.7 Å². The van der Waals surface area contributed by atoms with E-state index in [0.717, 1.165) is 49.0 Å². The number of halogens is 2. The van der Waals surface area contributed by atoms with Gasteiger partial charge in [-0.15, -0.1) is 0 Å². The largest absolute Gasteiger partial charge is 0.384 e. The minimum absolute atomic E-state index is 0.211. The summed E-state index contributed by atoms with van der Waals surface area (Å²) in [5.41, 5.74) is 9.06. The molecule has 1 aliphatic heterocycles. The first-order valence-corrected chi connectivity index (χ1v) is 8.78. The molecule has 1 aliphatic rings. The second-order valence-corrected chi connectivity index (χ2v) is 6.97. The van der Waals surface area contributed by atoms with Crippen LogP contribution >= 0.6 is 0 Å². The van der Waals surface area contributed by atoms with E-state index in [1.54, 1.807) is 4.52 Å². The standard InChI is InChI=1S/C19H21F2N5/c1-12-7-19-23-17(9-18(22)26(19)24-12)13-3-2-6-25(10-13)11-14-8-15(20)4-5-16(14)21/h4-5,7-9,13H,2-3,6,10-11,22H2,1H3/t13-/m0/s1. The van der Waals surface area contributed by atoms with Gasteiger partial charge in [-0.05, 0) is 44.5 Å². The molecular formula is C19H21F2N5. The van der Waals surface area contributed by atoms with E-state index >= 15 is 0 Å². The Morgan fingerprint density at radius 2 is 2.08 bits per heavy atom. The predicted molar refractivity (Wildman–Crippen MR) is 95.7 cm³/mol. The van der Waals surface area contributed by atoms with E-state index in [1.807, 2.05) is 19.1 Å². The summed E-state index contributed by atoms with van der Waals surface area (Å²) in [5, 5.41) is 4.33. The fraction of sp³-hybridized carbons (Fsp3) is 0.368. The van der Waals surface area contributed by atoms with Crippen molar-refractivity contribution in [3.63, 3.8) is 0 Å². The molecule has 0 unspecified atom stereocenters. The van der Waals surface area contributed by atoms with Gasteiger partial charge >= 0.3 is 0 Å². The third-order valence-electron chi connectivity index (χ3n) is 4.92. The van der Waals surface area contributed by atoms with Crippen molar-refractivity contribution in [2.45, 2.75) is 32.2 Å². The normalized spacial score (nSPS) is 18.5. The lowest BCUT2D eigenvalue weighted by atomic mass is 9.94. The third-order valence-corrected chi connectivity index (χ3v) is 4.92. The van der Waals surface area contributed by atoms with Crippen LogP contribution in [-0.2, 0) is 6.54 Å². The minimum Gasteiger partial charge on any atom is -0.384 e. The van der Waals surface area contributed by atoms with Crippen LogP contribution in [0.5, 0.6) is 0 Å². The van der Waals surface area contributed by atoms with Crippen LogP contribution in [0.15, 0.2) is 30.3 Å². The number of likely N-dealkylation sites (tertiary alicyclic amines) is 1. The second-order valence-electron chi connectivity index (χ2n) is 6.97. The van der Waals surface area contributed by atoms with Gasteiger partial charge in [-0.25, -0.2) is 13.8 Å². The summed E-state index contributed by atoms with van der Waals surface area (Å²) >= 11 is 0. The van der Waals surface area contributed by atoms with Gasteiger partial charge in [-0.2, -0.15) is 9.61 Å². The van der Waals surface area contributed by atoms with E-state index in [0.29, 0.717) is 17.9 Å². The molecule has 0 radical (unpaired) electrons. The number of rotatable bonds is 3. The highest BCUT2D eigenvalue weighted by atomic mass is 19.1. The Kier molecular flexibility index (Phi) is 4.32. The SMILES string of the molecule is Cc1cc2nc([C@H]3CCCN(Cc4cc(F)ccc4F)C3)cc(N)n2n1. The maximum atomic E-state index is 13.9. The molecule has 1 aromatic carbocycles. The van der Waals surface area contributed by atoms with Crippen LogP contribution in [0.1, 0.15) is 35.7 Å². The number of piperidine rings is 1. The molecule has 0 spiro atoms. The number of nitrogens with two attached hydrogens (primary N) is 1. The van der Waals surface area contributed by atoms with Crippen molar-refractivity contribution in [1.29, 1.82) is 0 Å². The predicted octanol–water partition coefficient (Wildman–Crippen LogP) is 3.28. The molecule has 4 rings (SSSR count). The van der Waals surface area contributed by atoms with Crippen molar-refractivity contribution < 1.29 is 8.78 Å². The van der Waals surface area contributed by atoms with Crippen LogP contribution in [0.3, 0.4) is 0 Å². The molecule has 0 bridgehead atoms. The highest BCUT2D eigenvalue weighted by molar-refractivity contribution is 5.48. The van der Waals surface area contributed by atoms with Crippen LogP contribution in [-0.4, -0.2) is 32.6 Å². The van der Waals surface area contributed by atoms with Gasteiger partial charge in [0.05, 0.1) is 11.4 Å². The Balaban J connectivity index is 1.56. The average molecular weight is 357 g/mol. The van der Waals surface area contributed by atoms with Crippen LogP contribution < -0.4 is 5.73 Å². The number of hydrogen-bond donors (Lipinski definition) is 1. The quantitative estimate of drug-likeness (QED) is 0.782. The summed E-state index contributed by atoms with van der Waals surface area (Å²) in [6.45, 7) is 3.90. The number of benzene rings is 1. The number of anilines is 1. The van der Waals surface area contributed by atoms with E-state index in [1.165, 1.54) is 12.1 Å². The van der Waals surface area contributed by atoms with Crippen molar-refractivity contribution in [3.05, 3.63) is 58.9 Å². The number of aryl methyl sites for hydroxylation is 1. The van der Waals surface area contributed by atoms with Crippen LogP contribution in [0.4, 0.5) is 14.6 Å². The third kappa shape index (κ3) is 3.26. The molecule has 2 N–H and O–H groups in total. The van der Waals surface area contributed by atoms with Gasteiger partial charge in [0.15, 0.2) is 5.65 Å². The van der Waals surface area contributed by atoms with Gasteiger partial charge in [0.1, 0.15) is 17.5 Å². The monoisotopic (exact) mass is 357 g/mol. The summed E-state index contributed by atoms with van der Waals surface area (Å²) in [6, 6.07) is 7.38. The van der Waals surface area contributed by atoms with E-state index in [2.05, 4.69) is 10.00 Å². The maximum absolute atomic E-state index is 13.9. The topological polar surface area (TPSA) is 59.5 Å². The molecule has 0 saturated carbocycles. The fourth-order valence-electron chi connectivity index (χ4n) is 3.69. The first-order valence-electron chi connectivity index (χ1n) is 8.78. The molecule has 26 heavy (non-hydrogen) atoms. The van der Waals surface area contributed by atoms with E-state index in [9.17, 15) is 8.78 Å². The zero-order valence-electron chi connectivity index (χ0n) is 14.6. The van der Waals surface area contributed by atoms with Crippen LogP contribution in [0.2, 0.25) is 0 Å². The minimum atomic E-state index is -0.411. The molecule has 1 saturated heterocycles. The number of nitrogens with zero attached hydrogens (tertiary/aromatic N) is 4. The van der Waals surface area contributed by atoms with Gasteiger partial charge in [0, 0.05) is 36.7 Å². The van der Waals surface area contributed by atoms with Gasteiger partial charge in [-0.1, -0.05) is 0 Å². The van der Waals surface area contributed by atoms with Crippen LogP contribution in [0, 0.1) is 18.6 Å². The Morgan fingerprint density at radius 1 is 1.23 bits per heavy atom. The molecule has 0 aliphatic carbocycles. The van der Waals surface area contributed by atoms with E-state index in [-0.39, 0.29) is 11.7 Å². The second kappa shape index (κ2) is 6.64. The van der Waals surface area contributed by atoms with Crippen molar-refractivity contribution >= 4 is 11.5 Å². The van der Waals surface area contributed by atoms with Crippen molar-refractivity contribution in [1.82, 2.24) is 19.5 Å². The number of aromatic nitrogens is 3. The molecule has 1 fully saturated rings. The highest BCUT2D eigenvalue weighted by Crippen LogP contribution is 2.28. The molecule has 0 amide bonds. The summed E-state index contributed by atoms with van der Waals surface area (Å²) < 4.78 is 29.0. The fourth-order valence-corrected chi connectivity index (χ4v) is 3.69. The molecule has 5 nitrogen and oxygen atoms in total. The first kappa shape index (κ1) is 16.9. The van der Waals surface area contributed by atoms with E-state index < -0.39 is 5.82 Å². The molecule has 1 atom stereocenters. The summed E-state index contributed by atoms with van der Waals surface area (Å²) in [6.07, 6.45) is 1.98. The van der Waals surface area contributed by atoms with Gasteiger partial charge in [0.25, 0.3) is 0 Å². The Bertz CT molecular complexity index is 952. The first-order chi connectivity index (χ1) is 12.5. The smallest absolute Gasteiger partial charge is 0.157 e. The van der Waals surface area contributed by atoms with Crippen molar-refractivity contribution in [2.24, 2.45) is 0 Å². The van der Waals surface area contributed by atoms with Crippen molar-refractivity contribution in [3.8, 4) is 0 Å². The lowest BCUT2D eigenvalue weighted by molar-refractivity contribution is 0.196. The zero-order chi connectivity index (χ0) is 18.3. The van der Waals surface area contributed by atoms with Crippen molar-refractivity contribution in [2.75, 3.05) is 18.8 Å². The lowest BCUT2D eigenvalue weighted by Gasteiger charge is -2.32. The Labute approximate surface area is 150 Å². The maximum Gasteiger partial charge on any atom is 0.157 e. The number of nitrogen functional groups attached to an aromatic ring is 1. The summed E-state index contributed by atoms with van der Waals surface area (Å²) in [4.78, 5) is 6.86. The Hall–Kier alpha value is -2.54. The molecule has 3 heterocycles. The summed E-state index contributed by atoms with van der Waals surface area (Å²) in [7, 11) is 0. The highest BCUT2D eigenvalue weighted by Gasteiger charge is 2.24. The van der Waals surface area contributed by atoms with Gasteiger partial charge in [0.2, 0.25) is 0 Å². The van der Waals surface area contributed by atoms with Gasteiger partial charge < -0.3 is 5.73 Å². The van der Waals surface area contributed by atoms with Gasteiger partial charge in [-0.3, -0.25) is 4.90 Å². The molecule has 7 heteroatoms. The van der Waals surface area contributed by atoms with Crippen LogP contribution in [0.25, 0.3) is 5.65 Å². The Morgan fingerprint density at radius 3 is 2.92 bits per heavy atom. The molecular weight excluding hydrogens is 336 g/mol. The molecule has 3 aromatic rings. The average Bonchev–Trinajstić information content (AvgIpc) is 2.99. The number of hydrogen-bond acceptors (Lipinski definition) is 4. The molecule has 136 valence electrons.